The van der Waals surface area contributed by atoms with E-state index in [-0.39, 0.29) is 30.1 Å². The Bertz CT molecular complexity index is 564. The fourth-order valence-electron chi connectivity index (χ4n) is 2.56. The van der Waals surface area contributed by atoms with Crippen LogP contribution in [-0.4, -0.2) is 42.2 Å². The van der Waals surface area contributed by atoms with Crippen LogP contribution in [0.5, 0.6) is 0 Å². The van der Waals surface area contributed by atoms with E-state index in [1.165, 1.54) is 0 Å². The molecular formula is C18H29IN4O2. The van der Waals surface area contributed by atoms with E-state index in [1.54, 1.807) is 4.90 Å². The summed E-state index contributed by atoms with van der Waals surface area (Å²) in [5.41, 5.74) is 6.40. The summed E-state index contributed by atoms with van der Waals surface area (Å²) in [6, 6.07) is 9.74. The van der Waals surface area contributed by atoms with E-state index in [0.717, 1.165) is 18.5 Å². The van der Waals surface area contributed by atoms with Gasteiger partial charge in [-0.25, -0.2) is 4.79 Å². The van der Waals surface area contributed by atoms with Gasteiger partial charge in [0.05, 0.1) is 0 Å². The van der Waals surface area contributed by atoms with Crippen molar-refractivity contribution in [3.05, 3.63) is 30.3 Å². The molecule has 6 nitrogen and oxygen atoms in total. The van der Waals surface area contributed by atoms with Crippen LogP contribution in [0.1, 0.15) is 33.6 Å². The van der Waals surface area contributed by atoms with E-state index in [4.69, 9.17) is 10.5 Å². The van der Waals surface area contributed by atoms with Gasteiger partial charge < -0.3 is 20.7 Å². The lowest BCUT2D eigenvalue weighted by atomic mass is 9.97. The topological polar surface area (TPSA) is 80.0 Å². The number of para-hydroxylation sites is 1. The van der Waals surface area contributed by atoms with Crippen molar-refractivity contribution in [1.29, 1.82) is 0 Å². The third-order valence-electron chi connectivity index (χ3n) is 3.83. The monoisotopic (exact) mass is 460 g/mol. The highest BCUT2D eigenvalue weighted by Crippen LogP contribution is 2.20. The Labute approximate surface area is 167 Å². The number of aliphatic imine (C=N–C) groups is 1. The van der Waals surface area contributed by atoms with Gasteiger partial charge in [0.25, 0.3) is 0 Å². The largest absolute Gasteiger partial charge is 0.444 e. The maximum absolute atomic E-state index is 12.0. The number of amides is 1. The van der Waals surface area contributed by atoms with Gasteiger partial charge in [-0.3, -0.25) is 4.99 Å². The molecule has 1 fully saturated rings. The van der Waals surface area contributed by atoms with E-state index in [2.05, 4.69) is 10.3 Å². The van der Waals surface area contributed by atoms with Crippen LogP contribution in [0.15, 0.2) is 35.3 Å². The van der Waals surface area contributed by atoms with Crippen LogP contribution in [0.25, 0.3) is 0 Å². The molecule has 0 aliphatic carbocycles. The van der Waals surface area contributed by atoms with Crippen LogP contribution in [0.2, 0.25) is 0 Å². The van der Waals surface area contributed by atoms with Gasteiger partial charge in [-0.05, 0) is 51.7 Å². The Balaban J connectivity index is 0.00000312. The lowest BCUT2D eigenvalue weighted by molar-refractivity contribution is 0.0187. The normalized spacial score (nSPS) is 16.1. The molecule has 0 spiro atoms. The van der Waals surface area contributed by atoms with Crippen molar-refractivity contribution in [1.82, 2.24) is 4.90 Å². The predicted molar refractivity (Wildman–Crippen MR) is 113 cm³/mol. The highest BCUT2D eigenvalue weighted by atomic mass is 127. The van der Waals surface area contributed by atoms with Gasteiger partial charge in [-0.1, -0.05) is 18.2 Å². The minimum absolute atomic E-state index is 0. The second kappa shape index (κ2) is 9.84. The number of benzene rings is 1. The first-order valence-corrected chi connectivity index (χ1v) is 8.43. The second-order valence-electron chi connectivity index (χ2n) is 7.13. The number of carbonyl (C=O) groups is 1. The summed E-state index contributed by atoms with van der Waals surface area (Å²) in [4.78, 5) is 18.2. The summed E-state index contributed by atoms with van der Waals surface area (Å²) in [6.45, 7) is 7.74. The molecule has 7 heteroatoms. The molecule has 1 aromatic carbocycles. The average molecular weight is 460 g/mol. The van der Waals surface area contributed by atoms with Crippen molar-refractivity contribution in [3.63, 3.8) is 0 Å². The number of nitrogens with zero attached hydrogens (tertiary/aromatic N) is 2. The number of anilines is 1. The number of ether oxygens (including phenoxy) is 1. The number of nitrogens with two attached hydrogens (primary N) is 1. The third kappa shape index (κ3) is 7.94. The van der Waals surface area contributed by atoms with E-state index >= 15 is 0 Å². The lowest BCUT2D eigenvalue weighted by Crippen LogP contribution is -2.42. The number of guanidine groups is 1. The quantitative estimate of drug-likeness (QED) is 0.410. The molecule has 0 unspecified atom stereocenters. The zero-order chi connectivity index (χ0) is 17.6. The van der Waals surface area contributed by atoms with Crippen molar-refractivity contribution >= 4 is 41.7 Å². The molecule has 1 aliphatic rings. The first kappa shape index (κ1) is 21.5. The molecule has 3 N–H and O–H groups in total. The molecule has 1 amide bonds. The van der Waals surface area contributed by atoms with Gasteiger partial charge in [-0.2, -0.15) is 0 Å². The number of carbonyl (C=O) groups excluding carboxylic acids is 1. The Hall–Kier alpha value is -1.51. The van der Waals surface area contributed by atoms with E-state index < -0.39 is 5.60 Å². The Kier molecular flexibility index (Phi) is 8.47. The molecule has 0 aromatic heterocycles. The fourth-order valence-corrected chi connectivity index (χ4v) is 2.56. The predicted octanol–water partition coefficient (Wildman–Crippen LogP) is 3.68. The van der Waals surface area contributed by atoms with Crippen molar-refractivity contribution in [3.8, 4) is 0 Å². The number of hydrogen-bond acceptors (Lipinski definition) is 3. The fraction of sp³-hybridized carbons (Fsp3) is 0.556. The minimum Gasteiger partial charge on any atom is -0.444 e. The van der Waals surface area contributed by atoms with Crippen molar-refractivity contribution in [2.24, 2.45) is 16.6 Å². The summed E-state index contributed by atoms with van der Waals surface area (Å²) in [5, 5.41) is 3.08. The molecule has 25 heavy (non-hydrogen) atoms. The van der Waals surface area contributed by atoms with Gasteiger partial charge >= 0.3 is 6.09 Å². The number of likely N-dealkylation sites (tertiary alicyclic amines) is 1. The molecule has 1 aromatic rings. The summed E-state index contributed by atoms with van der Waals surface area (Å²) >= 11 is 0. The Morgan fingerprint density at radius 3 is 2.44 bits per heavy atom. The van der Waals surface area contributed by atoms with Crippen LogP contribution in [0.4, 0.5) is 10.5 Å². The number of halogens is 1. The lowest BCUT2D eigenvalue weighted by Gasteiger charge is -2.33. The van der Waals surface area contributed by atoms with E-state index in [0.29, 0.717) is 31.5 Å². The van der Waals surface area contributed by atoms with Crippen LogP contribution in [0, 0.1) is 5.92 Å². The first-order valence-electron chi connectivity index (χ1n) is 8.43. The van der Waals surface area contributed by atoms with Crippen molar-refractivity contribution < 1.29 is 9.53 Å². The molecule has 1 heterocycles. The first-order chi connectivity index (χ1) is 11.3. The smallest absolute Gasteiger partial charge is 0.410 e. The van der Waals surface area contributed by atoms with Crippen LogP contribution in [-0.2, 0) is 4.74 Å². The second-order valence-corrected chi connectivity index (χ2v) is 7.13. The third-order valence-corrected chi connectivity index (χ3v) is 3.83. The molecule has 140 valence electrons. The molecular weight excluding hydrogens is 431 g/mol. The number of piperidine rings is 1. The van der Waals surface area contributed by atoms with Crippen molar-refractivity contribution in [2.75, 3.05) is 25.0 Å². The summed E-state index contributed by atoms with van der Waals surface area (Å²) < 4.78 is 5.41. The summed E-state index contributed by atoms with van der Waals surface area (Å²) in [5.74, 6) is 0.871. The Morgan fingerprint density at radius 2 is 1.88 bits per heavy atom. The highest BCUT2D eigenvalue weighted by molar-refractivity contribution is 14.0. The van der Waals surface area contributed by atoms with Gasteiger partial charge in [0.2, 0.25) is 0 Å². The van der Waals surface area contributed by atoms with Crippen LogP contribution in [0.3, 0.4) is 0 Å². The highest BCUT2D eigenvalue weighted by Gasteiger charge is 2.26. The van der Waals surface area contributed by atoms with Gasteiger partial charge in [0, 0.05) is 25.3 Å². The molecule has 1 saturated heterocycles. The van der Waals surface area contributed by atoms with E-state index in [9.17, 15) is 4.79 Å². The zero-order valence-corrected chi connectivity index (χ0v) is 17.5. The Morgan fingerprint density at radius 1 is 1.28 bits per heavy atom. The molecule has 2 rings (SSSR count). The average Bonchev–Trinajstić information content (AvgIpc) is 2.53. The number of nitrogens with one attached hydrogen (secondary N) is 1. The SMILES string of the molecule is CC(C)(C)OC(=O)N1CCC(CN=C(N)Nc2ccccc2)CC1.I. The standard InChI is InChI=1S/C18H28N4O2.HI/c1-18(2,3)24-17(23)22-11-9-14(10-12-22)13-20-16(19)21-15-7-5-4-6-8-15;/h4-8,14H,9-13H2,1-3H3,(H3,19,20,21);1H. The molecule has 0 bridgehead atoms. The molecule has 1 aliphatic heterocycles. The molecule has 0 saturated carbocycles. The van der Waals surface area contributed by atoms with Gasteiger partial charge in [-0.15, -0.1) is 24.0 Å². The van der Waals surface area contributed by atoms with Crippen LogP contribution >= 0.6 is 24.0 Å². The van der Waals surface area contributed by atoms with Gasteiger partial charge in [0.15, 0.2) is 5.96 Å². The zero-order valence-electron chi connectivity index (χ0n) is 15.2. The number of rotatable bonds is 3. The van der Waals surface area contributed by atoms with Gasteiger partial charge in [0.1, 0.15) is 5.60 Å². The summed E-state index contributed by atoms with van der Waals surface area (Å²) in [7, 11) is 0. The van der Waals surface area contributed by atoms with Crippen LogP contribution < -0.4 is 11.1 Å². The maximum atomic E-state index is 12.0. The van der Waals surface area contributed by atoms with Crippen molar-refractivity contribution in [2.45, 2.75) is 39.2 Å². The molecule has 0 atom stereocenters. The summed E-state index contributed by atoms with van der Waals surface area (Å²) in [6.07, 6.45) is 1.61. The molecule has 0 radical (unpaired) electrons. The maximum Gasteiger partial charge on any atom is 0.410 e. The number of hydrogen-bond donors (Lipinski definition) is 2. The van der Waals surface area contributed by atoms with E-state index in [1.807, 2.05) is 51.1 Å². The minimum atomic E-state index is -0.449.